The summed E-state index contributed by atoms with van der Waals surface area (Å²) < 4.78 is 25.4. The lowest BCUT2D eigenvalue weighted by Crippen LogP contribution is -2.01. The molecule has 2 aromatic rings. The third-order valence-corrected chi connectivity index (χ3v) is 3.17. The highest BCUT2D eigenvalue weighted by atomic mass is 32.2. The lowest BCUT2D eigenvalue weighted by atomic mass is 10.2. The first-order valence-corrected chi connectivity index (χ1v) is 6.74. The lowest BCUT2D eigenvalue weighted by Gasteiger charge is -2.06. The summed E-state index contributed by atoms with van der Waals surface area (Å²) in [6.07, 6.45) is 0.813. The van der Waals surface area contributed by atoms with Gasteiger partial charge in [0.05, 0.1) is 11.5 Å². The first-order chi connectivity index (χ1) is 8.75. The third kappa shape index (κ3) is 3.68. The maximum atomic E-state index is 10.9. The van der Waals surface area contributed by atoms with Crippen LogP contribution in [0.3, 0.4) is 0 Å². The molecule has 0 spiro atoms. The molecule has 2 aromatic carbocycles. The highest BCUT2D eigenvalue weighted by Crippen LogP contribution is 2.15. The fraction of sp³-hybridized carbons (Fsp3) is 0.143. The Morgan fingerprint density at radius 1 is 1.06 bits per heavy atom. The minimum atomic E-state index is -1.96. The summed E-state index contributed by atoms with van der Waals surface area (Å²) in [5.41, 5.74) is 1.21. The van der Waals surface area contributed by atoms with Crippen molar-refractivity contribution in [2.45, 2.75) is 11.3 Å². The Bertz CT molecular complexity index is 526. The van der Waals surface area contributed by atoms with Crippen molar-refractivity contribution in [3.05, 3.63) is 60.2 Å². The second-order valence-corrected chi connectivity index (χ2v) is 4.78. The summed E-state index contributed by atoms with van der Waals surface area (Å²) in [6.45, 7) is 0.547. The van der Waals surface area contributed by atoms with E-state index in [0.29, 0.717) is 17.3 Å². The fourth-order valence-corrected chi connectivity index (χ4v) is 2.02. The standard InChI is InChI=1S/C14H14O3S/c15-18(16)14-8-4-7-13(11-14)17-10-9-12-5-2-1-3-6-12/h1-8,11H,9-10H2,(H,15,16). The average molecular weight is 262 g/mol. The monoisotopic (exact) mass is 262 g/mol. The second kappa shape index (κ2) is 6.33. The molecule has 1 atom stereocenters. The van der Waals surface area contributed by atoms with E-state index in [1.165, 1.54) is 5.56 Å². The van der Waals surface area contributed by atoms with Crippen LogP contribution in [-0.4, -0.2) is 15.4 Å². The van der Waals surface area contributed by atoms with Gasteiger partial charge in [-0.25, -0.2) is 4.21 Å². The van der Waals surface area contributed by atoms with Gasteiger partial charge in [0.2, 0.25) is 0 Å². The zero-order valence-corrected chi connectivity index (χ0v) is 10.6. The van der Waals surface area contributed by atoms with Crippen molar-refractivity contribution in [1.29, 1.82) is 0 Å². The fourth-order valence-electron chi connectivity index (χ4n) is 1.60. The van der Waals surface area contributed by atoms with Gasteiger partial charge in [0, 0.05) is 6.42 Å². The van der Waals surface area contributed by atoms with Crippen LogP contribution >= 0.6 is 0 Å². The smallest absolute Gasteiger partial charge is 0.186 e. The summed E-state index contributed by atoms with van der Waals surface area (Å²) in [5, 5.41) is 0. The van der Waals surface area contributed by atoms with Gasteiger partial charge in [0.25, 0.3) is 0 Å². The minimum Gasteiger partial charge on any atom is -0.493 e. The molecule has 94 valence electrons. The van der Waals surface area contributed by atoms with E-state index in [2.05, 4.69) is 0 Å². The Balaban J connectivity index is 1.90. The van der Waals surface area contributed by atoms with Gasteiger partial charge >= 0.3 is 0 Å². The Morgan fingerprint density at radius 2 is 1.83 bits per heavy atom. The first-order valence-electron chi connectivity index (χ1n) is 5.63. The summed E-state index contributed by atoms with van der Waals surface area (Å²) >= 11 is -1.96. The largest absolute Gasteiger partial charge is 0.493 e. The van der Waals surface area contributed by atoms with E-state index < -0.39 is 11.1 Å². The number of hydrogen-bond acceptors (Lipinski definition) is 2. The van der Waals surface area contributed by atoms with Crippen LogP contribution in [0.5, 0.6) is 5.75 Å². The SMILES string of the molecule is O=S(O)c1cccc(OCCc2ccccc2)c1. The van der Waals surface area contributed by atoms with E-state index in [1.807, 2.05) is 30.3 Å². The van der Waals surface area contributed by atoms with Crippen LogP contribution < -0.4 is 4.74 Å². The van der Waals surface area contributed by atoms with Crippen molar-refractivity contribution in [3.63, 3.8) is 0 Å². The van der Waals surface area contributed by atoms with Crippen molar-refractivity contribution in [3.8, 4) is 5.75 Å². The molecule has 1 N–H and O–H groups in total. The molecule has 0 saturated heterocycles. The molecule has 0 radical (unpaired) electrons. The van der Waals surface area contributed by atoms with E-state index in [4.69, 9.17) is 9.29 Å². The zero-order valence-electron chi connectivity index (χ0n) is 9.78. The molecule has 18 heavy (non-hydrogen) atoms. The van der Waals surface area contributed by atoms with Crippen LogP contribution in [0.15, 0.2) is 59.5 Å². The van der Waals surface area contributed by atoms with Crippen molar-refractivity contribution in [2.24, 2.45) is 0 Å². The number of benzene rings is 2. The minimum absolute atomic E-state index is 0.354. The maximum absolute atomic E-state index is 10.9. The van der Waals surface area contributed by atoms with Crippen molar-refractivity contribution in [1.82, 2.24) is 0 Å². The highest BCUT2D eigenvalue weighted by molar-refractivity contribution is 7.79. The quantitative estimate of drug-likeness (QED) is 0.843. The summed E-state index contributed by atoms with van der Waals surface area (Å²) in [4.78, 5) is 0.354. The molecule has 0 aliphatic rings. The van der Waals surface area contributed by atoms with Crippen LogP contribution in [0.1, 0.15) is 5.56 Å². The van der Waals surface area contributed by atoms with Crippen molar-refractivity contribution >= 4 is 11.1 Å². The average Bonchev–Trinajstić information content (AvgIpc) is 2.40. The maximum Gasteiger partial charge on any atom is 0.186 e. The Labute approximate surface area is 109 Å². The van der Waals surface area contributed by atoms with E-state index in [0.717, 1.165) is 6.42 Å². The summed E-state index contributed by atoms with van der Waals surface area (Å²) in [6, 6.07) is 16.7. The van der Waals surface area contributed by atoms with Gasteiger partial charge in [0.1, 0.15) is 5.75 Å². The van der Waals surface area contributed by atoms with Gasteiger partial charge in [-0.1, -0.05) is 36.4 Å². The zero-order chi connectivity index (χ0) is 12.8. The molecule has 3 nitrogen and oxygen atoms in total. The highest BCUT2D eigenvalue weighted by Gasteiger charge is 2.01. The lowest BCUT2D eigenvalue weighted by molar-refractivity contribution is 0.321. The van der Waals surface area contributed by atoms with E-state index >= 15 is 0 Å². The van der Waals surface area contributed by atoms with Gasteiger partial charge in [0.15, 0.2) is 11.1 Å². The normalized spacial score (nSPS) is 12.1. The molecule has 2 rings (SSSR count). The molecule has 0 saturated carbocycles. The molecule has 1 unspecified atom stereocenters. The second-order valence-electron chi connectivity index (χ2n) is 3.81. The molecular formula is C14H14O3S. The van der Waals surface area contributed by atoms with Crippen LogP contribution in [0, 0.1) is 0 Å². The molecule has 0 fully saturated rings. The summed E-state index contributed by atoms with van der Waals surface area (Å²) in [5.74, 6) is 0.617. The molecule has 4 heteroatoms. The molecular weight excluding hydrogens is 248 g/mol. The molecule has 0 amide bonds. The van der Waals surface area contributed by atoms with Gasteiger partial charge in [-0.05, 0) is 23.8 Å². The topological polar surface area (TPSA) is 46.5 Å². The molecule has 0 aliphatic heterocycles. The van der Waals surface area contributed by atoms with Crippen LogP contribution in [-0.2, 0) is 17.5 Å². The van der Waals surface area contributed by atoms with Crippen LogP contribution in [0.25, 0.3) is 0 Å². The number of hydrogen-bond donors (Lipinski definition) is 1. The molecule has 0 aromatic heterocycles. The van der Waals surface area contributed by atoms with E-state index in [9.17, 15) is 4.21 Å². The predicted molar refractivity (Wildman–Crippen MR) is 71.1 cm³/mol. The van der Waals surface area contributed by atoms with Gasteiger partial charge < -0.3 is 9.29 Å². The van der Waals surface area contributed by atoms with Crippen LogP contribution in [0.4, 0.5) is 0 Å². The molecule has 0 bridgehead atoms. The predicted octanol–water partition coefficient (Wildman–Crippen LogP) is 2.89. The first kappa shape index (κ1) is 12.8. The van der Waals surface area contributed by atoms with Crippen LogP contribution in [0.2, 0.25) is 0 Å². The molecule has 0 aliphatic carbocycles. The Morgan fingerprint density at radius 3 is 2.56 bits per heavy atom. The van der Waals surface area contributed by atoms with E-state index in [-0.39, 0.29) is 0 Å². The van der Waals surface area contributed by atoms with Gasteiger partial charge in [-0.15, -0.1) is 0 Å². The number of rotatable bonds is 5. The van der Waals surface area contributed by atoms with Gasteiger partial charge in [-0.2, -0.15) is 0 Å². The Hall–Kier alpha value is -1.65. The number of ether oxygens (including phenoxy) is 1. The van der Waals surface area contributed by atoms with E-state index in [1.54, 1.807) is 24.3 Å². The summed E-state index contributed by atoms with van der Waals surface area (Å²) in [7, 11) is 0. The van der Waals surface area contributed by atoms with Crippen molar-refractivity contribution in [2.75, 3.05) is 6.61 Å². The van der Waals surface area contributed by atoms with Gasteiger partial charge in [-0.3, -0.25) is 0 Å². The molecule has 0 heterocycles. The Kier molecular flexibility index (Phi) is 4.50. The van der Waals surface area contributed by atoms with Crippen molar-refractivity contribution < 1.29 is 13.5 Å². The third-order valence-electron chi connectivity index (χ3n) is 2.51.